The maximum Gasteiger partial charge on any atom is 0.329 e. The molecule has 0 spiro atoms. The van der Waals surface area contributed by atoms with Gasteiger partial charge in [-0.15, -0.1) is 0 Å². The Morgan fingerprint density at radius 1 is 1.12 bits per heavy atom. The maximum absolute atomic E-state index is 12.7. The third-order valence-electron chi connectivity index (χ3n) is 3.90. The predicted molar refractivity (Wildman–Crippen MR) is 95.4 cm³/mol. The molecular formula is C19H18N2O5. The minimum Gasteiger partial charge on any atom is -0.497 e. The van der Waals surface area contributed by atoms with E-state index in [9.17, 15) is 9.59 Å². The van der Waals surface area contributed by atoms with E-state index < -0.39 is 12.6 Å². The maximum atomic E-state index is 12.7. The van der Waals surface area contributed by atoms with Crippen molar-refractivity contribution in [3.05, 3.63) is 70.1 Å². The number of aromatic nitrogens is 2. The quantitative estimate of drug-likeness (QED) is 0.698. The van der Waals surface area contributed by atoms with Crippen LogP contribution in [0.2, 0.25) is 0 Å². The molecule has 0 saturated heterocycles. The van der Waals surface area contributed by atoms with Gasteiger partial charge < -0.3 is 14.6 Å². The van der Waals surface area contributed by atoms with Crippen molar-refractivity contribution in [1.29, 1.82) is 0 Å². The molecule has 0 amide bonds. The molecule has 26 heavy (non-hydrogen) atoms. The summed E-state index contributed by atoms with van der Waals surface area (Å²) >= 11 is 0. The Morgan fingerprint density at radius 2 is 1.81 bits per heavy atom. The molecule has 134 valence electrons. The van der Waals surface area contributed by atoms with Crippen LogP contribution in [0.5, 0.6) is 5.75 Å². The Kier molecular flexibility index (Phi) is 5.28. The van der Waals surface area contributed by atoms with Gasteiger partial charge in [-0.1, -0.05) is 30.3 Å². The summed E-state index contributed by atoms with van der Waals surface area (Å²) in [6, 6.07) is 14.5. The average Bonchev–Trinajstić information content (AvgIpc) is 2.65. The van der Waals surface area contributed by atoms with Crippen molar-refractivity contribution in [3.63, 3.8) is 0 Å². The molecule has 0 radical (unpaired) electrons. The number of aliphatic carboxylic acids is 1. The van der Waals surface area contributed by atoms with E-state index >= 15 is 0 Å². The summed E-state index contributed by atoms with van der Waals surface area (Å²) in [6.07, 6.45) is 0. The second-order valence-corrected chi connectivity index (χ2v) is 5.69. The lowest BCUT2D eigenvalue weighted by Crippen LogP contribution is -2.25. The third-order valence-corrected chi connectivity index (χ3v) is 3.90. The number of carbonyl (C=O) groups is 1. The number of carboxylic acid groups (broad SMARTS) is 1. The minimum absolute atomic E-state index is 0.00963. The highest BCUT2D eigenvalue weighted by molar-refractivity contribution is 5.83. The molecule has 7 nitrogen and oxygen atoms in total. The Balaban J connectivity index is 1.97. The highest BCUT2D eigenvalue weighted by Gasteiger charge is 2.11. The van der Waals surface area contributed by atoms with E-state index in [4.69, 9.17) is 14.6 Å². The summed E-state index contributed by atoms with van der Waals surface area (Å²) < 4.78 is 11.7. The highest BCUT2D eigenvalue weighted by Crippen LogP contribution is 2.16. The molecule has 0 bridgehead atoms. The van der Waals surface area contributed by atoms with Gasteiger partial charge in [-0.3, -0.25) is 4.79 Å². The van der Waals surface area contributed by atoms with Crippen molar-refractivity contribution in [2.45, 2.75) is 13.2 Å². The summed E-state index contributed by atoms with van der Waals surface area (Å²) in [5.74, 6) is -0.323. The topological polar surface area (TPSA) is 90.7 Å². The van der Waals surface area contributed by atoms with E-state index in [1.54, 1.807) is 31.4 Å². The SMILES string of the molecule is COc1ccc(Cn2nc(COCC(=O)O)c3ccccc3c2=O)cc1. The van der Waals surface area contributed by atoms with Crippen LogP contribution in [0, 0.1) is 0 Å². The number of hydrogen-bond acceptors (Lipinski definition) is 5. The first-order valence-electron chi connectivity index (χ1n) is 7.99. The number of fused-ring (bicyclic) bond motifs is 1. The smallest absolute Gasteiger partial charge is 0.329 e. The average molecular weight is 354 g/mol. The minimum atomic E-state index is -1.05. The molecular weight excluding hydrogens is 336 g/mol. The molecule has 1 N–H and O–H groups in total. The van der Waals surface area contributed by atoms with Gasteiger partial charge in [0.15, 0.2) is 0 Å². The van der Waals surface area contributed by atoms with Gasteiger partial charge in [0.25, 0.3) is 5.56 Å². The zero-order valence-corrected chi connectivity index (χ0v) is 14.2. The second kappa shape index (κ2) is 7.79. The van der Waals surface area contributed by atoms with Crippen LogP contribution in [-0.4, -0.2) is 34.6 Å². The van der Waals surface area contributed by atoms with Gasteiger partial charge in [0, 0.05) is 5.39 Å². The van der Waals surface area contributed by atoms with Crippen molar-refractivity contribution in [2.75, 3.05) is 13.7 Å². The van der Waals surface area contributed by atoms with Crippen LogP contribution in [0.1, 0.15) is 11.3 Å². The standard InChI is InChI=1S/C19H18N2O5/c1-25-14-8-6-13(7-9-14)10-21-19(24)16-5-3-2-4-15(16)17(20-21)11-26-12-18(22)23/h2-9H,10-12H2,1H3,(H,22,23). The Hall–Kier alpha value is -3.19. The van der Waals surface area contributed by atoms with Crippen LogP contribution < -0.4 is 10.3 Å². The number of carboxylic acids is 1. The first-order chi connectivity index (χ1) is 12.6. The zero-order valence-electron chi connectivity index (χ0n) is 14.2. The van der Waals surface area contributed by atoms with Crippen molar-refractivity contribution in [1.82, 2.24) is 9.78 Å². The number of nitrogens with zero attached hydrogens (tertiary/aromatic N) is 2. The summed E-state index contributed by atoms with van der Waals surface area (Å²) in [7, 11) is 1.59. The van der Waals surface area contributed by atoms with Gasteiger partial charge in [-0.2, -0.15) is 5.10 Å². The van der Waals surface area contributed by atoms with Gasteiger partial charge >= 0.3 is 5.97 Å². The first kappa shape index (κ1) is 17.6. The van der Waals surface area contributed by atoms with Crippen molar-refractivity contribution in [2.24, 2.45) is 0 Å². The molecule has 0 atom stereocenters. The van der Waals surface area contributed by atoms with E-state index in [1.165, 1.54) is 4.68 Å². The van der Waals surface area contributed by atoms with Crippen LogP contribution in [0.4, 0.5) is 0 Å². The molecule has 7 heteroatoms. The van der Waals surface area contributed by atoms with Gasteiger partial charge in [-0.05, 0) is 23.8 Å². The van der Waals surface area contributed by atoms with Gasteiger partial charge in [-0.25, -0.2) is 9.48 Å². The van der Waals surface area contributed by atoms with Gasteiger partial charge in [0.2, 0.25) is 0 Å². The van der Waals surface area contributed by atoms with E-state index in [0.29, 0.717) is 23.0 Å². The largest absolute Gasteiger partial charge is 0.497 e. The van der Waals surface area contributed by atoms with Crippen molar-refractivity contribution < 1.29 is 19.4 Å². The second-order valence-electron chi connectivity index (χ2n) is 5.69. The molecule has 0 fully saturated rings. The molecule has 3 rings (SSSR count). The van der Waals surface area contributed by atoms with Gasteiger partial charge in [0.1, 0.15) is 12.4 Å². The Bertz CT molecular complexity index is 979. The van der Waals surface area contributed by atoms with Gasteiger partial charge in [0.05, 0.1) is 31.3 Å². The van der Waals surface area contributed by atoms with Crippen molar-refractivity contribution in [3.8, 4) is 5.75 Å². The van der Waals surface area contributed by atoms with Crippen LogP contribution >= 0.6 is 0 Å². The lowest BCUT2D eigenvalue weighted by Gasteiger charge is -2.11. The molecule has 1 heterocycles. The summed E-state index contributed by atoms with van der Waals surface area (Å²) in [5.41, 5.74) is 1.21. The van der Waals surface area contributed by atoms with E-state index in [1.807, 2.05) is 24.3 Å². The summed E-state index contributed by atoms with van der Waals surface area (Å²) in [6.45, 7) is -0.122. The molecule has 0 aliphatic heterocycles. The molecule has 3 aromatic rings. The number of ether oxygens (including phenoxy) is 2. The number of hydrogen-bond donors (Lipinski definition) is 1. The molecule has 0 unspecified atom stereocenters. The fourth-order valence-electron chi connectivity index (χ4n) is 2.66. The van der Waals surface area contributed by atoms with Crippen LogP contribution in [0.3, 0.4) is 0 Å². The molecule has 0 aliphatic rings. The van der Waals surface area contributed by atoms with Crippen molar-refractivity contribution >= 4 is 16.7 Å². The van der Waals surface area contributed by atoms with Crippen LogP contribution in [-0.2, 0) is 22.7 Å². The first-order valence-corrected chi connectivity index (χ1v) is 7.99. The summed E-state index contributed by atoms with van der Waals surface area (Å²) in [4.78, 5) is 23.4. The normalized spacial score (nSPS) is 10.8. The lowest BCUT2D eigenvalue weighted by molar-refractivity contribution is -0.142. The highest BCUT2D eigenvalue weighted by atomic mass is 16.5. The number of methoxy groups -OCH3 is 1. The Labute approximate surface area is 149 Å². The fourth-order valence-corrected chi connectivity index (χ4v) is 2.66. The van der Waals surface area contributed by atoms with E-state index in [2.05, 4.69) is 5.10 Å². The monoisotopic (exact) mass is 354 g/mol. The van der Waals surface area contributed by atoms with E-state index in [0.717, 1.165) is 11.3 Å². The molecule has 0 aliphatic carbocycles. The van der Waals surface area contributed by atoms with E-state index in [-0.39, 0.29) is 12.2 Å². The zero-order chi connectivity index (χ0) is 18.5. The summed E-state index contributed by atoms with van der Waals surface area (Å²) in [5, 5.41) is 14.3. The van der Waals surface area contributed by atoms with Crippen LogP contribution in [0.15, 0.2) is 53.3 Å². The molecule has 1 aromatic heterocycles. The van der Waals surface area contributed by atoms with Crippen LogP contribution in [0.25, 0.3) is 10.8 Å². The number of benzene rings is 2. The lowest BCUT2D eigenvalue weighted by atomic mass is 10.1. The molecule has 0 saturated carbocycles. The fraction of sp³-hybridized carbons (Fsp3) is 0.211. The Morgan fingerprint density at radius 3 is 2.46 bits per heavy atom. The molecule has 2 aromatic carbocycles. The number of rotatable bonds is 7. The third kappa shape index (κ3) is 3.89. The predicted octanol–water partition coefficient (Wildman–Crippen LogP) is 2.05.